The molecule has 70 valence electrons. The molecule has 1 rings (SSSR count). The Morgan fingerprint density at radius 1 is 1.42 bits per heavy atom. The second-order valence-electron chi connectivity index (χ2n) is 3.62. The largest absolute Gasteiger partial charge is 0.340 e. The maximum atomic E-state index is 11.4. The van der Waals surface area contributed by atoms with E-state index < -0.39 is 0 Å². The van der Waals surface area contributed by atoms with Gasteiger partial charge < -0.3 is 10.2 Å². The number of nitrogens with zero attached hydrogens (tertiary/aromatic N) is 1. The van der Waals surface area contributed by atoms with E-state index in [2.05, 4.69) is 19.2 Å². The molecule has 1 heterocycles. The summed E-state index contributed by atoms with van der Waals surface area (Å²) >= 11 is 0. The summed E-state index contributed by atoms with van der Waals surface area (Å²) in [5, 5.41) is 3.39. The molecule has 3 nitrogen and oxygen atoms in total. The van der Waals surface area contributed by atoms with Crippen molar-refractivity contribution in [1.29, 1.82) is 0 Å². The Bertz CT molecular complexity index is 160. The first-order chi connectivity index (χ1) is 5.63. The number of nitrogens with one attached hydrogen (secondary N) is 1. The zero-order chi connectivity index (χ0) is 9.14. The third kappa shape index (κ3) is 2.21. The first kappa shape index (κ1) is 9.52. The van der Waals surface area contributed by atoms with Crippen LogP contribution in [0.25, 0.3) is 0 Å². The molecule has 3 heteroatoms. The Morgan fingerprint density at radius 3 is 2.33 bits per heavy atom. The lowest BCUT2D eigenvalue weighted by Gasteiger charge is -2.36. The quantitative estimate of drug-likeness (QED) is 0.625. The SMILES string of the molecule is CCC(=O)N1C[C@H](C)N[C@@H](C)C1. The molecule has 0 spiro atoms. The standard InChI is InChI=1S/C9H18N2O/c1-4-9(12)11-5-7(2)10-8(3)6-11/h7-8,10H,4-6H2,1-3H3/t7-,8-/m0/s1. The molecule has 0 aromatic carbocycles. The zero-order valence-corrected chi connectivity index (χ0v) is 8.13. The second kappa shape index (κ2) is 3.90. The Hall–Kier alpha value is -0.570. The van der Waals surface area contributed by atoms with Crippen molar-refractivity contribution in [3.8, 4) is 0 Å². The first-order valence-corrected chi connectivity index (χ1v) is 4.67. The normalized spacial score (nSPS) is 30.4. The van der Waals surface area contributed by atoms with Crippen molar-refractivity contribution in [3.63, 3.8) is 0 Å². The van der Waals surface area contributed by atoms with E-state index in [-0.39, 0.29) is 5.91 Å². The van der Waals surface area contributed by atoms with Gasteiger partial charge in [-0.25, -0.2) is 0 Å². The van der Waals surface area contributed by atoms with Crippen LogP contribution in [0.1, 0.15) is 27.2 Å². The summed E-state index contributed by atoms with van der Waals surface area (Å²) in [6, 6.07) is 0.869. The molecule has 1 amide bonds. The average molecular weight is 170 g/mol. The van der Waals surface area contributed by atoms with Gasteiger partial charge in [0.2, 0.25) is 5.91 Å². The highest BCUT2D eigenvalue weighted by Crippen LogP contribution is 2.05. The third-order valence-electron chi connectivity index (χ3n) is 2.21. The van der Waals surface area contributed by atoms with Crippen LogP contribution in [0.5, 0.6) is 0 Å². The van der Waals surface area contributed by atoms with Crippen LogP contribution in [-0.2, 0) is 4.79 Å². The van der Waals surface area contributed by atoms with Crippen molar-refractivity contribution in [1.82, 2.24) is 10.2 Å². The summed E-state index contributed by atoms with van der Waals surface area (Å²) < 4.78 is 0. The van der Waals surface area contributed by atoms with Crippen molar-refractivity contribution in [2.75, 3.05) is 13.1 Å². The fourth-order valence-corrected chi connectivity index (χ4v) is 1.75. The average Bonchev–Trinajstić information content (AvgIpc) is 2.01. The van der Waals surface area contributed by atoms with Crippen molar-refractivity contribution in [3.05, 3.63) is 0 Å². The molecule has 0 saturated carbocycles. The fraction of sp³-hybridized carbons (Fsp3) is 0.889. The van der Waals surface area contributed by atoms with Gasteiger partial charge in [0.05, 0.1) is 0 Å². The molecule has 0 aromatic heterocycles. The minimum atomic E-state index is 0.273. The lowest BCUT2D eigenvalue weighted by atomic mass is 10.1. The molecule has 0 aromatic rings. The lowest BCUT2D eigenvalue weighted by molar-refractivity contribution is -0.132. The van der Waals surface area contributed by atoms with E-state index in [0.29, 0.717) is 18.5 Å². The Kier molecular flexibility index (Phi) is 3.09. The number of amides is 1. The van der Waals surface area contributed by atoms with Crippen LogP contribution in [0.15, 0.2) is 0 Å². The molecule has 0 aliphatic carbocycles. The van der Waals surface area contributed by atoms with Crippen molar-refractivity contribution in [2.24, 2.45) is 0 Å². The molecule has 1 fully saturated rings. The van der Waals surface area contributed by atoms with E-state index in [0.717, 1.165) is 13.1 Å². The van der Waals surface area contributed by atoms with Gasteiger partial charge in [0.15, 0.2) is 0 Å². The van der Waals surface area contributed by atoms with Crippen molar-refractivity contribution in [2.45, 2.75) is 39.3 Å². The predicted octanol–water partition coefficient (Wildman–Crippen LogP) is 0.605. The highest BCUT2D eigenvalue weighted by Gasteiger charge is 2.23. The minimum Gasteiger partial charge on any atom is -0.340 e. The highest BCUT2D eigenvalue weighted by atomic mass is 16.2. The summed E-state index contributed by atoms with van der Waals surface area (Å²) in [5.74, 6) is 0.273. The third-order valence-corrected chi connectivity index (χ3v) is 2.21. The molecule has 1 saturated heterocycles. The second-order valence-corrected chi connectivity index (χ2v) is 3.62. The van der Waals surface area contributed by atoms with E-state index in [9.17, 15) is 4.79 Å². The smallest absolute Gasteiger partial charge is 0.222 e. The molecule has 1 N–H and O–H groups in total. The van der Waals surface area contributed by atoms with Crippen molar-refractivity contribution >= 4 is 5.91 Å². The van der Waals surface area contributed by atoms with Gasteiger partial charge in [0.1, 0.15) is 0 Å². The van der Waals surface area contributed by atoms with Crippen molar-refractivity contribution < 1.29 is 4.79 Å². The number of carbonyl (C=O) groups is 1. The van der Waals surface area contributed by atoms with Gasteiger partial charge in [0.25, 0.3) is 0 Å². The van der Waals surface area contributed by atoms with Crippen LogP contribution in [0.4, 0.5) is 0 Å². The summed E-state index contributed by atoms with van der Waals surface area (Å²) in [6.07, 6.45) is 0.624. The number of hydrogen-bond acceptors (Lipinski definition) is 2. The maximum Gasteiger partial charge on any atom is 0.222 e. The first-order valence-electron chi connectivity index (χ1n) is 4.67. The van der Waals surface area contributed by atoms with Crippen LogP contribution >= 0.6 is 0 Å². The topological polar surface area (TPSA) is 32.3 Å². The van der Waals surface area contributed by atoms with Crippen LogP contribution in [0.3, 0.4) is 0 Å². The monoisotopic (exact) mass is 170 g/mol. The van der Waals surface area contributed by atoms with Gasteiger partial charge >= 0.3 is 0 Å². The van der Waals surface area contributed by atoms with Gasteiger partial charge in [-0.05, 0) is 13.8 Å². The summed E-state index contributed by atoms with van der Waals surface area (Å²) in [6.45, 7) is 7.87. The fourth-order valence-electron chi connectivity index (χ4n) is 1.75. The van der Waals surface area contributed by atoms with Crippen LogP contribution < -0.4 is 5.32 Å². The molecule has 0 radical (unpaired) electrons. The zero-order valence-electron chi connectivity index (χ0n) is 8.13. The van der Waals surface area contributed by atoms with Gasteiger partial charge in [-0.1, -0.05) is 6.92 Å². The van der Waals surface area contributed by atoms with E-state index in [4.69, 9.17) is 0 Å². The van der Waals surface area contributed by atoms with Gasteiger partial charge in [0, 0.05) is 31.6 Å². The Labute approximate surface area is 74.1 Å². The highest BCUT2D eigenvalue weighted by molar-refractivity contribution is 5.76. The van der Waals surface area contributed by atoms with Gasteiger partial charge in [-0.3, -0.25) is 4.79 Å². The summed E-state index contributed by atoms with van der Waals surface area (Å²) in [5.41, 5.74) is 0. The molecule has 0 unspecified atom stereocenters. The molecule has 12 heavy (non-hydrogen) atoms. The van der Waals surface area contributed by atoms with E-state index in [1.807, 2.05) is 11.8 Å². The Balaban J connectivity index is 2.49. The van der Waals surface area contributed by atoms with E-state index in [1.165, 1.54) is 0 Å². The van der Waals surface area contributed by atoms with Crippen LogP contribution in [0, 0.1) is 0 Å². The molecule has 1 aliphatic heterocycles. The molecule has 2 atom stereocenters. The summed E-state index contributed by atoms with van der Waals surface area (Å²) in [4.78, 5) is 13.3. The lowest BCUT2D eigenvalue weighted by Crippen LogP contribution is -2.55. The Morgan fingerprint density at radius 2 is 1.92 bits per heavy atom. The summed E-state index contributed by atoms with van der Waals surface area (Å²) in [7, 11) is 0. The van der Waals surface area contributed by atoms with Crippen LogP contribution in [0.2, 0.25) is 0 Å². The molecule has 0 bridgehead atoms. The molecule has 1 aliphatic rings. The van der Waals surface area contributed by atoms with Gasteiger partial charge in [-0.2, -0.15) is 0 Å². The van der Waals surface area contributed by atoms with Crippen LogP contribution in [-0.4, -0.2) is 36.0 Å². The number of piperazine rings is 1. The number of hydrogen-bond donors (Lipinski definition) is 1. The number of carbonyl (C=O) groups excluding carboxylic acids is 1. The predicted molar refractivity (Wildman–Crippen MR) is 48.9 cm³/mol. The maximum absolute atomic E-state index is 11.4. The molecular formula is C9H18N2O. The van der Waals surface area contributed by atoms with Gasteiger partial charge in [-0.15, -0.1) is 0 Å². The molecular weight excluding hydrogens is 152 g/mol. The number of rotatable bonds is 1. The van der Waals surface area contributed by atoms with E-state index in [1.54, 1.807) is 0 Å². The minimum absolute atomic E-state index is 0.273. The van der Waals surface area contributed by atoms with E-state index >= 15 is 0 Å².